The highest BCUT2D eigenvalue weighted by molar-refractivity contribution is 4.87. The van der Waals surface area contributed by atoms with Crippen molar-refractivity contribution in [2.75, 3.05) is 39.3 Å². The molecular formula is C13H27N3O. The van der Waals surface area contributed by atoms with Crippen LogP contribution in [-0.4, -0.2) is 67.3 Å². The number of ether oxygens (including phenoxy) is 1. The topological polar surface area (TPSA) is 41.7 Å². The van der Waals surface area contributed by atoms with Crippen LogP contribution in [0.2, 0.25) is 0 Å². The SMILES string of the molecule is CC(C)N1CCN(C(CN)C2CCCO2)CC1. The second-order valence-corrected chi connectivity index (χ2v) is 5.52. The van der Waals surface area contributed by atoms with Crippen LogP contribution >= 0.6 is 0 Å². The van der Waals surface area contributed by atoms with Crippen molar-refractivity contribution in [3.05, 3.63) is 0 Å². The van der Waals surface area contributed by atoms with Crippen molar-refractivity contribution in [2.24, 2.45) is 5.73 Å². The van der Waals surface area contributed by atoms with Crippen LogP contribution in [0.15, 0.2) is 0 Å². The molecule has 2 aliphatic heterocycles. The van der Waals surface area contributed by atoms with E-state index in [2.05, 4.69) is 23.6 Å². The van der Waals surface area contributed by atoms with E-state index in [1.54, 1.807) is 0 Å². The quantitative estimate of drug-likeness (QED) is 0.779. The smallest absolute Gasteiger partial charge is 0.0743 e. The molecule has 2 unspecified atom stereocenters. The Labute approximate surface area is 105 Å². The van der Waals surface area contributed by atoms with Crippen LogP contribution in [0.3, 0.4) is 0 Å². The summed E-state index contributed by atoms with van der Waals surface area (Å²) in [5, 5.41) is 0. The van der Waals surface area contributed by atoms with Gasteiger partial charge in [0, 0.05) is 51.4 Å². The van der Waals surface area contributed by atoms with E-state index in [9.17, 15) is 0 Å². The molecule has 17 heavy (non-hydrogen) atoms. The van der Waals surface area contributed by atoms with Gasteiger partial charge in [0.2, 0.25) is 0 Å². The molecule has 4 heteroatoms. The lowest BCUT2D eigenvalue weighted by Gasteiger charge is -2.42. The number of nitrogens with zero attached hydrogens (tertiary/aromatic N) is 2. The van der Waals surface area contributed by atoms with Crippen molar-refractivity contribution in [1.29, 1.82) is 0 Å². The van der Waals surface area contributed by atoms with Gasteiger partial charge in [-0.2, -0.15) is 0 Å². The van der Waals surface area contributed by atoms with E-state index >= 15 is 0 Å². The zero-order valence-corrected chi connectivity index (χ0v) is 11.3. The van der Waals surface area contributed by atoms with Crippen LogP contribution in [0, 0.1) is 0 Å². The van der Waals surface area contributed by atoms with Crippen molar-refractivity contribution in [2.45, 2.75) is 44.9 Å². The minimum Gasteiger partial charge on any atom is -0.377 e. The van der Waals surface area contributed by atoms with E-state index in [0.29, 0.717) is 18.2 Å². The summed E-state index contributed by atoms with van der Waals surface area (Å²) < 4.78 is 5.80. The fraction of sp³-hybridized carbons (Fsp3) is 1.00. The van der Waals surface area contributed by atoms with Gasteiger partial charge in [-0.3, -0.25) is 9.80 Å². The molecule has 2 rings (SSSR count). The first-order valence-corrected chi connectivity index (χ1v) is 7.02. The van der Waals surface area contributed by atoms with Crippen LogP contribution in [0.5, 0.6) is 0 Å². The Balaban J connectivity index is 1.85. The minimum atomic E-state index is 0.380. The van der Waals surface area contributed by atoms with Gasteiger partial charge in [-0.25, -0.2) is 0 Å². The second kappa shape index (κ2) is 6.14. The number of hydrogen-bond acceptors (Lipinski definition) is 4. The summed E-state index contributed by atoms with van der Waals surface area (Å²) in [6.07, 6.45) is 2.77. The Morgan fingerprint density at radius 1 is 1.18 bits per heavy atom. The van der Waals surface area contributed by atoms with E-state index in [1.165, 1.54) is 25.9 Å². The molecule has 100 valence electrons. The summed E-state index contributed by atoms with van der Waals surface area (Å²) >= 11 is 0. The molecule has 2 saturated heterocycles. The molecule has 0 saturated carbocycles. The fourth-order valence-corrected chi connectivity index (χ4v) is 3.03. The molecule has 0 spiro atoms. The van der Waals surface area contributed by atoms with Crippen molar-refractivity contribution >= 4 is 0 Å². The van der Waals surface area contributed by atoms with Crippen molar-refractivity contribution < 1.29 is 4.74 Å². The van der Waals surface area contributed by atoms with E-state index in [1.807, 2.05) is 0 Å². The monoisotopic (exact) mass is 241 g/mol. The summed E-state index contributed by atoms with van der Waals surface area (Å²) in [5.74, 6) is 0. The highest BCUT2D eigenvalue weighted by Crippen LogP contribution is 2.20. The van der Waals surface area contributed by atoms with E-state index in [0.717, 1.165) is 26.2 Å². The van der Waals surface area contributed by atoms with Gasteiger partial charge in [-0.15, -0.1) is 0 Å². The lowest BCUT2D eigenvalue weighted by molar-refractivity contribution is 0.00126. The largest absolute Gasteiger partial charge is 0.377 e. The van der Waals surface area contributed by atoms with Gasteiger partial charge in [0.25, 0.3) is 0 Å². The molecular weight excluding hydrogens is 214 g/mol. The van der Waals surface area contributed by atoms with Crippen molar-refractivity contribution in [3.8, 4) is 0 Å². The van der Waals surface area contributed by atoms with Crippen LogP contribution in [0.4, 0.5) is 0 Å². The van der Waals surface area contributed by atoms with Crippen molar-refractivity contribution in [1.82, 2.24) is 9.80 Å². The minimum absolute atomic E-state index is 0.380. The van der Waals surface area contributed by atoms with Gasteiger partial charge in [0.1, 0.15) is 0 Å². The number of hydrogen-bond donors (Lipinski definition) is 1. The summed E-state index contributed by atoms with van der Waals surface area (Å²) in [6, 6.07) is 1.10. The highest BCUT2D eigenvalue weighted by Gasteiger charge is 2.31. The van der Waals surface area contributed by atoms with Crippen molar-refractivity contribution in [3.63, 3.8) is 0 Å². The maximum absolute atomic E-state index is 5.94. The fourth-order valence-electron chi connectivity index (χ4n) is 3.03. The Hall–Kier alpha value is -0.160. The van der Waals surface area contributed by atoms with Gasteiger partial charge in [-0.05, 0) is 26.7 Å². The predicted molar refractivity (Wildman–Crippen MR) is 70.1 cm³/mol. The average Bonchev–Trinajstić information content (AvgIpc) is 2.84. The summed E-state index contributed by atoms with van der Waals surface area (Å²) in [6.45, 7) is 10.8. The van der Waals surface area contributed by atoms with Gasteiger partial charge in [0.15, 0.2) is 0 Å². The molecule has 2 heterocycles. The van der Waals surface area contributed by atoms with Gasteiger partial charge >= 0.3 is 0 Å². The summed E-state index contributed by atoms with van der Waals surface area (Å²) in [4.78, 5) is 5.08. The molecule has 0 radical (unpaired) electrons. The molecule has 0 aromatic heterocycles. The van der Waals surface area contributed by atoms with Crippen LogP contribution < -0.4 is 5.73 Å². The third kappa shape index (κ3) is 3.19. The molecule has 0 amide bonds. The van der Waals surface area contributed by atoms with E-state index < -0.39 is 0 Å². The lowest BCUT2D eigenvalue weighted by atomic mass is 10.1. The Kier molecular flexibility index (Phi) is 4.79. The molecule has 0 aromatic rings. The van der Waals surface area contributed by atoms with Gasteiger partial charge in [-0.1, -0.05) is 0 Å². The third-order valence-electron chi connectivity index (χ3n) is 4.18. The van der Waals surface area contributed by atoms with Gasteiger partial charge in [0.05, 0.1) is 6.10 Å². The lowest BCUT2D eigenvalue weighted by Crippen LogP contribution is -2.57. The maximum atomic E-state index is 5.94. The molecule has 2 fully saturated rings. The summed E-state index contributed by atoms with van der Waals surface area (Å²) in [5.41, 5.74) is 5.94. The highest BCUT2D eigenvalue weighted by atomic mass is 16.5. The van der Waals surface area contributed by atoms with Crippen LogP contribution in [0.1, 0.15) is 26.7 Å². The predicted octanol–water partition coefficient (Wildman–Crippen LogP) is 0.519. The van der Waals surface area contributed by atoms with Crippen LogP contribution in [0.25, 0.3) is 0 Å². The normalized spacial score (nSPS) is 30.0. The molecule has 2 aliphatic rings. The molecule has 0 aromatic carbocycles. The Morgan fingerprint density at radius 3 is 2.29 bits per heavy atom. The zero-order chi connectivity index (χ0) is 12.3. The second-order valence-electron chi connectivity index (χ2n) is 5.52. The maximum Gasteiger partial charge on any atom is 0.0743 e. The zero-order valence-electron chi connectivity index (χ0n) is 11.3. The van der Waals surface area contributed by atoms with E-state index in [-0.39, 0.29) is 0 Å². The first-order valence-electron chi connectivity index (χ1n) is 7.02. The summed E-state index contributed by atoms with van der Waals surface area (Å²) in [7, 11) is 0. The first kappa shape index (κ1) is 13.3. The standard InChI is InChI=1S/C13H27N3O/c1-11(2)15-5-7-16(8-6-15)12(10-14)13-4-3-9-17-13/h11-13H,3-10,14H2,1-2H3. The van der Waals surface area contributed by atoms with Crippen LogP contribution in [-0.2, 0) is 4.74 Å². The number of piperazine rings is 1. The average molecular weight is 241 g/mol. The Morgan fingerprint density at radius 2 is 1.82 bits per heavy atom. The van der Waals surface area contributed by atoms with Gasteiger partial charge < -0.3 is 10.5 Å². The van der Waals surface area contributed by atoms with E-state index in [4.69, 9.17) is 10.5 Å². The molecule has 2 atom stereocenters. The number of nitrogens with two attached hydrogens (primary N) is 1. The third-order valence-corrected chi connectivity index (χ3v) is 4.18. The molecule has 0 bridgehead atoms. The molecule has 4 nitrogen and oxygen atoms in total. The molecule has 2 N–H and O–H groups in total. The first-order chi connectivity index (χ1) is 8.22. The Bertz CT molecular complexity index is 221. The molecule has 0 aliphatic carbocycles. The number of rotatable bonds is 4.